The van der Waals surface area contributed by atoms with E-state index < -0.39 is 5.54 Å². The van der Waals surface area contributed by atoms with Crippen molar-refractivity contribution in [3.63, 3.8) is 0 Å². The zero-order chi connectivity index (χ0) is 21.9. The van der Waals surface area contributed by atoms with Crippen LogP contribution >= 0.6 is 0 Å². The molecule has 32 heavy (non-hydrogen) atoms. The van der Waals surface area contributed by atoms with Crippen molar-refractivity contribution in [2.75, 3.05) is 11.9 Å². The Kier molecular flexibility index (Phi) is 4.09. The first-order valence-corrected chi connectivity index (χ1v) is 10.8. The number of imidazole rings is 1. The number of nitrogens with zero attached hydrogens (tertiary/aromatic N) is 6. The van der Waals surface area contributed by atoms with Crippen molar-refractivity contribution in [2.24, 2.45) is 0 Å². The van der Waals surface area contributed by atoms with Gasteiger partial charge < -0.3 is 9.88 Å². The standard InChI is InChI=1S/C23H22N8O/c1-3-31-20(15-10-24-13(2)25-11-15)30-19-18(26-12-27-21(19)31)14-5-6-17-16(9-14)23(22(32)29-17)7-4-8-28-23/h5-6,9-12,28H,3-4,7-8H2,1-2H3,(H,29,32). The number of carbonyl (C=O) groups excluding carboxylic acids is 1. The van der Waals surface area contributed by atoms with E-state index in [9.17, 15) is 4.79 Å². The second-order valence-corrected chi connectivity index (χ2v) is 8.24. The van der Waals surface area contributed by atoms with Crippen molar-refractivity contribution in [3.05, 3.63) is 48.3 Å². The van der Waals surface area contributed by atoms with Crippen LogP contribution < -0.4 is 10.6 Å². The number of anilines is 1. The number of carbonyl (C=O) groups is 1. The van der Waals surface area contributed by atoms with Gasteiger partial charge in [0.1, 0.15) is 34.7 Å². The highest BCUT2D eigenvalue weighted by Crippen LogP contribution is 2.43. The average molecular weight is 426 g/mol. The fourth-order valence-electron chi connectivity index (χ4n) is 4.85. The van der Waals surface area contributed by atoms with E-state index >= 15 is 0 Å². The number of aryl methyl sites for hydroxylation is 2. The van der Waals surface area contributed by atoms with E-state index in [0.717, 1.165) is 64.4 Å². The molecular formula is C23H22N8O. The van der Waals surface area contributed by atoms with Crippen molar-refractivity contribution in [1.29, 1.82) is 0 Å². The van der Waals surface area contributed by atoms with Gasteiger partial charge in [-0.2, -0.15) is 0 Å². The first-order chi connectivity index (χ1) is 15.6. The zero-order valence-corrected chi connectivity index (χ0v) is 17.9. The van der Waals surface area contributed by atoms with Gasteiger partial charge in [-0.25, -0.2) is 24.9 Å². The van der Waals surface area contributed by atoms with Crippen LogP contribution in [0.1, 0.15) is 31.2 Å². The SMILES string of the molecule is CCn1c(-c2cnc(C)nc2)nc2c(-c3ccc4c(c3)C3(CCCN3)C(=O)N4)ncnc21. The van der Waals surface area contributed by atoms with E-state index in [4.69, 9.17) is 4.98 Å². The molecule has 1 unspecified atom stereocenters. The Morgan fingerprint density at radius 3 is 2.72 bits per heavy atom. The predicted octanol–water partition coefficient (Wildman–Crippen LogP) is 2.81. The van der Waals surface area contributed by atoms with Crippen molar-refractivity contribution in [3.8, 4) is 22.6 Å². The molecule has 9 heteroatoms. The van der Waals surface area contributed by atoms with E-state index in [1.54, 1.807) is 18.7 Å². The highest BCUT2D eigenvalue weighted by atomic mass is 16.2. The fraction of sp³-hybridized carbons (Fsp3) is 0.304. The molecule has 1 atom stereocenters. The summed E-state index contributed by atoms with van der Waals surface area (Å²) in [5.41, 5.74) is 5.15. The number of hydrogen-bond acceptors (Lipinski definition) is 7. The minimum atomic E-state index is -0.648. The largest absolute Gasteiger partial charge is 0.324 e. The van der Waals surface area contributed by atoms with Gasteiger partial charge in [0.2, 0.25) is 5.91 Å². The van der Waals surface area contributed by atoms with Crippen LogP contribution in [0.2, 0.25) is 0 Å². The van der Waals surface area contributed by atoms with Crippen LogP contribution in [0.4, 0.5) is 5.69 Å². The summed E-state index contributed by atoms with van der Waals surface area (Å²) in [5.74, 6) is 1.49. The van der Waals surface area contributed by atoms with E-state index in [1.165, 1.54) is 0 Å². The second kappa shape index (κ2) is 6.89. The topological polar surface area (TPSA) is 111 Å². The lowest BCUT2D eigenvalue weighted by atomic mass is 9.88. The molecule has 4 aromatic rings. The molecule has 1 spiro atoms. The van der Waals surface area contributed by atoms with Crippen LogP contribution in [0, 0.1) is 6.92 Å². The molecule has 1 saturated heterocycles. The summed E-state index contributed by atoms with van der Waals surface area (Å²) in [4.78, 5) is 35.4. The highest BCUT2D eigenvalue weighted by molar-refractivity contribution is 6.07. The van der Waals surface area contributed by atoms with Gasteiger partial charge in [-0.1, -0.05) is 6.07 Å². The maximum atomic E-state index is 12.8. The maximum Gasteiger partial charge on any atom is 0.249 e. The van der Waals surface area contributed by atoms with Crippen LogP contribution in [0.15, 0.2) is 36.9 Å². The molecular weight excluding hydrogens is 404 g/mol. The summed E-state index contributed by atoms with van der Waals surface area (Å²) in [7, 11) is 0. The van der Waals surface area contributed by atoms with Gasteiger partial charge >= 0.3 is 0 Å². The van der Waals surface area contributed by atoms with Gasteiger partial charge in [-0.3, -0.25) is 10.1 Å². The van der Waals surface area contributed by atoms with Crippen molar-refractivity contribution >= 4 is 22.8 Å². The summed E-state index contributed by atoms with van der Waals surface area (Å²) in [6.45, 7) is 5.45. The molecule has 9 nitrogen and oxygen atoms in total. The van der Waals surface area contributed by atoms with Gasteiger partial charge in [-0.05, 0) is 45.4 Å². The Balaban J connectivity index is 1.53. The van der Waals surface area contributed by atoms with Gasteiger partial charge in [0, 0.05) is 35.8 Å². The van der Waals surface area contributed by atoms with E-state index in [2.05, 4.69) is 43.6 Å². The third-order valence-corrected chi connectivity index (χ3v) is 6.43. The molecule has 0 radical (unpaired) electrons. The van der Waals surface area contributed by atoms with Crippen molar-refractivity contribution in [1.82, 2.24) is 34.8 Å². The molecule has 160 valence electrons. The number of rotatable bonds is 3. The van der Waals surface area contributed by atoms with Gasteiger partial charge in [0.05, 0.1) is 5.56 Å². The Morgan fingerprint density at radius 1 is 1.12 bits per heavy atom. The average Bonchev–Trinajstić information content (AvgIpc) is 3.51. The zero-order valence-electron chi connectivity index (χ0n) is 17.9. The van der Waals surface area contributed by atoms with Crippen molar-refractivity contribution < 1.29 is 4.79 Å². The molecule has 6 rings (SSSR count). The molecule has 2 N–H and O–H groups in total. The Morgan fingerprint density at radius 2 is 1.97 bits per heavy atom. The third-order valence-electron chi connectivity index (χ3n) is 6.43. The van der Waals surface area contributed by atoms with Crippen LogP contribution in [0.5, 0.6) is 0 Å². The highest BCUT2D eigenvalue weighted by Gasteiger charge is 2.48. The number of fused-ring (bicyclic) bond motifs is 3. The Hall–Kier alpha value is -3.72. The van der Waals surface area contributed by atoms with E-state index in [0.29, 0.717) is 12.4 Å². The van der Waals surface area contributed by atoms with E-state index in [1.807, 2.05) is 23.6 Å². The van der Waals surface area contributed by atoms with Gasteiger partial charge in [-0.15, -0.1) is 0 Å². The number of benzene rings is 1. The third kappa shape index (κ3) is 2.61. The first kappa shape index (κ1) is 19.0. The molecule has 0 bridgehead atoms. The fourth-order valence-corrected chi connectivity index (χ4v) is 4.85. The predicted molar refractivity (Wildman–Crippen MR) is 120 cm³/mol. The maximum absolute atomic E-state index is 12.8. The number of amides is 1. The molecule has 0 saturated carbocycles. The normalized spacial score (nSPS) is 19.6. The number of hydrogen-bond donors (Lipinski definition) is 2. The minimum Gasteiger partial charge on any atom is -0.324 e. The molecule has 1 fully saturated rings. The number of nitrogens with one attached hydrogen (secondary N) is 2. The Bertz CT molecular complexity index is 1370. The van der Waals surface area contributed by atoms with Crippen molar-refractivity contribution in [2.45, 2.75) is 38.8 Å². The second-order valence-electron chi connectivity index (χ2n) is 8.24. The Labute approximate surface area is 184 Å². The monoisotopic (exact) mass is 426 g/mol. The summed E-state index contributed by atoms with van der Waals surface area (Å²) in [6.07, 6.45) is 6.89. The lowest BCUT2D eigenvalue weighted by Crippen LogP contribution is -2.43. The molecule has 1 amide bonds. The van der Waals surface area contributed by atoms with Crippen LogP contribution in [0.25, 0.3) is 33.8 Å². The molecule has 5 heterocycles. The summed E-state index contributed by atoms with van der Waals surface area (Å²) in [6, 6.07) is 6.00. The molecule has 1 aromatic carbocycles. The molecule has 2 aliphatic heterocycles. The molecule has 0 aliphatic carbocycles. The quantitative estimate of drug-likeness (QED) is 0.518. The molecule has 2 aliphatic rings. The molecule has 3 aromatic heterocycles. The van der Waals surface area contributed by atoms with Gasteiger partial charge in [0.25, 0.3) is 0 Å². The lowest BCUT2D eigenvalue weighted by molar-refractivity contribution is -0.121. The summed E-state index contributed by atoms with van der Waals surface area (Å²) >= 11 is 0. The van der Waals surface area contributed by atoms with Gasteiger partial charge in [0.15, 0.2) is 5.65 Å². The minimum absolute atomic E-state index is 0.0203. The smallest absolute Gasteiger partial charge is 0.249 e. The summed E-state index contributed by atoms with van der Waals surface area (Å²) < 4.78 is 2.05. The number of aromatic nitrogens is 6. The van der Waals surface area contributed by atoms with E-state index in [-0.39, 0.29) is 5.91 Å². The van der Waals surface area contributed by atoms with Crippen LogP contribution in [-0.2, 0) is 16.9 Å². The first-order valence-electron chi connectivity index (χ1n) is 10.8. The lowest BCUT2D eigenvalue weighted by Gasteiger charge is -2.21. The summed E-state index contributed by atoms with van der Waals surface area (Å²) in [5, 5.41) is 6.45. The van der Waals surface area contributed by atoms with Crippen LogP contribution in [0.3, 0.4) is 0 Å². The van der Waals surface area contributed by atoms with Crippen LogP contribution in [-0.4, -0.2) is 41.9 Å².